The number of carboxylic acids is 2. The minimum atomic E-state index is -1.48. The second-order valence-corrected chi connectivity index (χ2v) is 5.21. The molecule has 0 fully saturated rings. The van der Waals surface area contributed by atoms with E-state index in [1.165, 1.54) is 38.5 Å². The first-order valence-corrected chi connectivity index (χ1v) is 7.70. The Bertz CT molecular complexity index is 313. The first kappa shape index (κ1) is 22.6. The zero-order valence-electron chi connectivity index (χ0n) is 13.2. The van der Waals surface area contributed by atoms with Crippen LogP contribution in [0.4, 0.5) is 0 Å². The van der Waals surface area contributed by atoms with Gasteiger partial charge in [0.15, 0.2) is 0 Å². The molecular weight excluding hydrogens is 322 g/mol. The number of rotatable bonds is 13. The molecule has 0 aliphatic carbocycles. The maximum atomic E-state index is 10.7. The summed E-state index contributed by atoms with van der Waals surface area (Å²) in [7, 11) is 0. The molecule has 0 aliphatic heterocycles. The summed E-state index contributed by atoms with van der Waals surface area (Å²) >= 11 is 0. The summed E-state index contributed by atoms with van der Waals surface area (Å²) in [5.41, 5.74) is -0.176. The second kappa shape index (κ2) is 15.7. The van der Waals surface area contributed by atoms with Crippen molar-refractivity contribution in [3.63, 3.8) is 0 Å². The third-order valence-corrected chi connectivity index (χ3v) is 3.35. The van der Waals surface area contributed by atoms with Crippen LogP contribution in [-0.4, -0.2) is 11.9 Å². The average Bonchev–Trinajstić information content (AvgIpc) is 2.39. The van der Waals surface area contributed by atoms with Crippen LogP contribution in [0.2, 0.25) is 0 Å². The monoisotopic (exact) mass is 346 g/mol. The molecule has 0 saturated carbocycles. The van der Waals surface area contributed by atoms with Crippen molar-refractivity contribution in [3.05, 3.63) is 11.6 Å². The van der Waals surface area contributed by atoms with E-state index in [4.69, 9.17) is 0 Å². The maximum absolute atomic E-state index is 10.7. The van der Waals surface area contributed by atoms with Crippen LogP contribution < -0.4 is 10.2 Å². The molecule has 0 aromatic carbocycles. The Morgan fingerprint density at radius 2 is 1.24 bits per heavy atom. The van der Waals surface area contributed by atoms with Crippen LogP contribution in [0.1, 0.15) is 77.6 Å². The smallest absolute Gasteiger partial charge is 0.545 e. The van der Waals surface area contributed by atoms with Gasteiger partial charge in [0.25, 0.3) is 0 Å². The van der Waals surface area contributed by atoms with E-state index in [1.807, 2.05) is 0 Å². The van der Waals surface area contributed by atoms with Gasteiger partial charge in [-0.1, -0.05) is 64.7 Å². The van der Waals surface area contributed by atoms with Crippen LogP contribution in [0.25, 0.3) is 0 Å². The summed E-state index contributed by atoms with van der Waals surface area (Å²) in [5, 5.41) is 21.0. The number of unbranched alkanes of at least 4 members (excludes halogenated alkanes) is 9. The topological polar surface area (TPSA) is 80.3 Å². The summed E-state index contributed by atoms with van der Waals surface area (Å²) in [4.78, 5) is 21.0. The number of carbonyl (C=O) groups is 2. The van der Waals surface area contributed by atoms with Gasteiger partial charge < -0.3 is 19.8 Å². The Hall–Kier alpha value is -0.697. The van der Waals surface area contributed by atoms with Gasteiger partial charge in [0.2, 0.25) is 0 Å². The summed E-state index contributed by atoms with van der Waals surface area (Å²) in [6.45, 7) is 2.20. The normalized spacial score (nSPS) is 11.0. The minimum Gasteiger partial charge on any atom is -0.545 e. The summed E-state index contributed by atoms with van der Waals surface area (Å²) in [6, 6.07) is 0. The predicted molar refractivity (Wildman–Crippen MR) is 74.6 cm³/mol. The van der Waals surface area contributed by atoms with Crippen molar-refractivity contribution < 1.29 is 39.3 Å². The van der Waals surface area contributed by atoms with Gasteiger partial charge in [-0.05, 0) is 24.5 Å². The van der Waals surface area contributed by atoms with E-state index < -0.39 is 11.9 Å². The molecule has 0 spiro atoms. The molecule has 0 bridgehead atoms. The maximum Gasteiger partial charge on any atom is 2.00 e. The molecule has 4 nitrogen and oxygen atoms in total. The molecule has 0 aliphatic rings. The number of hydrogen-bond donors (Lipinski definition) is 0. The van der Waals surface area contributed by atoms with Crippen LogP contribution in [-0.2, 0) is 29.1 Å². The molecule has 116 valence electrons. The van der Waals surface area contributed by atoms with Gasteiger partial charge >= 0.3 is 19.5 Å². The molecule has 0 unspecified atom stereocenters. The molecule has 0 heterocycles. The van der Waals surface area contributed by atoms with Gasteiger partial charge in [-0.25, -0.2) is 0 Å². The third-order valence-electron chi connectivity index (χ3n) is 3.35. The fourth-order valence-electron chi connectivity index (χ4n) is 2.18. The zero-order valence-corrected chi connectivity index (χ0v) is 16.2. The Balaban J connectivity index is 0. The quantitative estimate of drug-likeness (QED) is 0.288. The first-order valence-electron chi connectivity index (χ1n) is 7.70. The van der Waals surface area contributed by atoms with Gasteiger partial charge in [-0.2, -0.15) is 0 Å². The molecule has 0 amide bonds. The Labute approximate surface area is 140 Å². The fourth-order valence-corrected chi connectivity index (χ4v) is 2.18. The van der Waals surface area contributed by atoms with Gasteiger partial charge in [0.1, 0.15) is 0 Å². The molecule has 5 heteroatoms. The number of carboxylic acid groups (broad SMARTS) is 2. The van der Waals surface area contributed by atoms with Crippen molar-refractivity contribution in [1.82, 2.24) is 0 Å². The first-order chi connectivity index (χ1) is 9.57. The Kier molecular flexibility index (Phi) is 16.9. The Morgan fingerprint density at radius 3 is 1.62 bits per heavy atom. The largest absolute Gasteiger partial charge is 2.00 e. The molecule has 0 saturated heterocycles. The van der Waals surface area contributed by atoms with Crippen LogP contribution in [0, 0.1) is 0 Å². The number of aliphatic carboxylic acids is 2. The summed E-state index contributed by atoms with van der Waals surface area (Å²) in [5.74, 6) is -2.89. The van der Waals surface area contributed by atoms with E-state index in [2.05, 4.69) is 6.92 Å². The fraction of sp³-hybridized carbons (Fsp3) is 0.750. The molecule has 0 radical (unpaired) electrons. The summed E-state index contributed by atoms with van der Waals surface area (Å²) in [6.07, 6.45) is 12.4. The van der Waals surface area contributed by atoms with Crippen LogP contribution >= 0.6 is 0 Å². The number of carbonyl (C=O) groups excluding carboxylic acids is 2. The Morgan fingerprint density at radius 1 is 0.810 bits per heavy atom. The van der Waals surface area contributed by atoms with Gasteiger partial charge in [-0.15, -0.1) is 0 Å². The van der Waals surface area contributed by atoms with E-state index in [0.29, 0.717) is 12.5 Å². The molecule has 0 atom stereocenters. The van der Waals surface area contributed by atoms with Gasteiger partial charge in [-0.3, -0.25) is 0 Å². The molecule has 0 aromatic rings. The van der Waals surface area contributed by atoms with E-state index in [-0.39, 0.29) is 31.5 Å². The van der Waals surface area contributed by atoms with Crippen molar-refractivity contribution in [2.45, 2.75) is 77.6 Å². The van der Waals surface area contributed by atoms with E-state index in [1.54, 1.807) is 0 Å². The molecule has 0 N–H and O–H groups in total. The molecule has 0 rings (SSSR count). The van der Waals surface area contributed by atoms with E-state index in [9.17, 15) is 19.8 Å². The SMILES string of the molecule is CCCCCCCCCCCCC(=CC(=O)[O-])C(=O)[O-].[Zn+2]. The summed E-state index contributed by atoms with van der Waals surface area (Å²) < 4.78 is 0. The second-order valence-electron chi connectivity index (χ2n) is 5.21. The van der Waals surface area contributed by atoms with Crippen molar-refractivity contribution in [1.29, 1.82) is 0 Å². The molecular formula is C16H26O4Zn. The van der Waals surface area contributed by atoms with Gasteiger partial charge in [0, 0.05) is 0 Å². The van der Waals surface area contributed by atoms with Crippen molar-refractivity contribution in [3.8, 4) is 0 Å². The molecule has 21 heavy (non-hydrogen) atoms. The zero-order chi connectivity index (χ0) is 15.2. The predicted octanol–water partition coefficient (Wildman–Crippen LogP) is 1.72. The minimum absolute atomic E-state index is 0. The van der Waals surface area contributed by atoms with Crippen molar-refractivity contribution >= 4 is 11.9 Å². The van der Waals surface area contributed by atoms with Crippen LogP contribution in [0.3, 0.4) is 0 Å². The molecule has 0 aromatic heterocycles. The van der Waals surface area contributed by atoms with E-state index >= 15 is 0 Å². The van der Waals surface area contributed by atoms with Crippen molar-refractivity contribution in [2.24, 2.45) is 0 Å². The van der Waals surface area contributed by atoms with Crippen molar-refractivity contribution in [2.75, 3.05) is 0 Å². The van der Waals surface area contributed by atoms with Gasteiger partial charge in [0.05, 0.1) is 11.9 Å². The average molecular weight is 348 g/mol. The third kappa shape index (κ3) is 15.5. The standard InChI is InChI=1S/C16H28O4.Zn/c1-2-3-4-5-6-7-8-9-10-11-12-14(16(19)20)13-15(17)18;/h13H,2-12H2,1H3,(H,17,18)(H,19,20);/q;+2/p-2. The van der Waals surface area contributed by atoms with Crippen LogP contribution in [0.5, 0.6) is 0 Å². The number of hydrogen-bond acceptors (Lipinski definition) is 4. The van der Waals surface area contributed by atoms with E-state index in [0.717, 1.165) is 19.3 Å². The van der Waals surface area contributed by atoms with Crippen LogP contribution in [0.15, 0.2) is 11.6 Å².